The predicted octanol–water partition coefficient (Wildman–Crippen LogP) is 1.42. The molecule has 2 N–H and O–H groups in total. The molecule has 1 aromatic heterocycles. The van der Waals surface area contributed by atoms with Crippen molar-refractivity contribution in [2.24, 2.45) is 0 Å². The number of carbonyl (C=O) groups excluding carboxylic acids is 1. The molecule has 1 atom stereocenters. The summed E-state index contributed by atoms with van der Waals surface area (Å²) in [6.45, 7) is 0. The summed E-state index contributed by atoms with van der Waals surface area (Å²) in [7, 11) is 0. The molecule has 4 nitrogen and oxygen atoms in total. The summed E-state index contributed by atoms with van der Waals surface area (Å²) in [5, 5.41) is 11.8. The van der Waals surface area contributed by atoms with Gasteiger partial charge >= 0.3 is 18.1 Å². The molecule has 1 rings (SSSR count). The summed E-state index contributed by atoms with van der Waals surface area (Å²) in [6.07, 6.45) is -5.25. The lowest BCUT2D eigenvalue weighted by Gasteiger charge is -2.14. The molecule has 0 saturated heterocycles. The number of nitrogens with one attached hydrogen (secondary N) is 1. The lowest BCUT2D eigenvalue weighted by molar-refractivity contribution is -0.175. The molecule has 0 saturated carbocycles. The van der Waals surface area contributed by atoms with E-state index in [2.05, 4.69) is 0 Å². The first-order valence-corrected chi connectivity index (χ1v) is 5.31. The van der Waals surface area contributed by atoms with Crippen LogP contribution in [0.4, 0.5) is 13.2 Å². The van der Waals surface area contributed by atoms with Gasteiger partial charge in [-0.15, -0.1) is 11.3 Å². The standard InChI is InChI=1S/C9H8F3NO3S/c10-9(11,12)8(16)13-6(7(14)15)4-5-2-1-3-17-5/h1-3,6H,4H2,(H,13,16)(H,14,15)/t6-/m1/s1. The number of rotatable bonds is 4. The average molecular weight is 267 g/mol. The average Bonchev–Trinajstić information content (AvgIpc) is 2.67. The van der Waals surface area contributed by atoms with Crippen molar-refractivity contribution in [2.45, 2.75) is 18.6 Å². The summed E-state index contributed by atoms with van der Waals surface area (Å²) in [6, 6.07) is 1.65. The van der Waals surface area contributed by atoms with Crippen LogP contribution in [-0.4, -0.2) is 29.2 Å². The maximum Gasteiger partial charge on any atom is 0.471 e. The fraction of sp³-hybridized carbons (Fsp3) is 0.333. The highest BCUT2D eigenvalue weighted by Crippen LogP contribution is 2.16. The Balaban J connectivity index is 2.68. The van der Waals surface area contributed by atoms with Crippen LogP contribution in [0.2, 0.25) is 0 Å². The van der Waals surface area contributed by atoms with E-state index in [1.165, 1.54) is 16.7 Å². The molecule has 0 spiro atoms. The van der Waals surface area contributed by atoms with Crippen LogP contribution in [0.1, 0.15) is 4.88 Å². The SMILES string of the molecule is O=C(O)[C@@H](Cc1cccs1)NC(=O)C(F)(F)F. The van der Waals surface area contributed by atoms with E-state index in [9.17, 15) is 22.8 Å². The first-order valence-electron chi connectivity index (χ1n) is 4.43. The second kappa shape index (κ2) is 5.17. The van der Waals surface area contributed by atoms with Crippen molar-refractivity contribution in [1.29, 1.82) is 0 Å². The number of carbonyl (C=O) groups is 2. The summed E-state index contributed by atoms with van der Waals surface area (Å²) >= 11 is 1.21. The minimum atomic E-state index is -5.08. The lowest BCUT2D eigenvalue weighted by Crippen LogP contribution is -2.47. The number of aliphatic carboxylic acids is 1. The number of hydrogen-bond donors (Lipinski definition) is 2. The van der Waals surface area contributed by atoms with Crippen LogP contribution in [0.3, 0.4) is 0 Å². The van der Waals surface area contributed by atoms with Gasteiger partial charge in [0.25, 0.3) is 0 Å². The Morgan fingerprint density at radius 2 is 2.12 bits per heavy atom. The summed E-state index contributed by atoms with van der Waals surface area (Å²) < 4.78 is 35.8. The number of amides is 1. The van der Waals surface area contributed by atoms with Crippen LogP contribution in [0.25, 0.3) is 0 Å². The Morgan fingerprint density at radius 3 is 2.53 bits per heavy atom. The van der Waals surface area contributed by atoms with E-state index < -0.39 is 24.1 Å². The molecule has 0 aliphatic rings. The smallest absolute Gasteiger partial charge is 0.471 e. The molecule has 8 heteroatoms. The highest BCUT2D eigenvalue weighted by Gasteiger charge is 2.40. The number of carboxylic acid groups (broad SMARTS) is 1. The van der Waals surface area contributed by atoms with E-state index >= 15 is 0 Å². The van der Waals surface area contributed by atoms with Crippen molar-refractivity contribution < 1.29 is 27.9 Å². The molecule has 0 bridgehead atoms. The van der Waals surface area contributed by atoms with E-state index in [0.717, 1.165) is 0 Å². The first-order chi connectivity index (χ1) is 7.80. The van der Waals surface area contributed by atoms with Gasteiger partial charge in [0, 0.05) is 11.3 Å². The van der Waals surface area contributed by atoms with Gasteiger partial charge < -0.3 is 10.4 Å². The van der Waals surface area contributed by atoms with Crippen molar-refractivity contribution in [3.63, 3.8) is 0 Å². The van der Waals surface area contributed by atoms with Crippen molar-refractivity contribution in [3.05, 3.63) is 22.4 Å². The van der Waals surface area contributed by atoms with E-state index in [0.29, 0.717) is 4.88 Å². The Bertz CT molecular complexity index is 402. The van der Waals surface area contributed by atoms with E-state index in [4.69, 9.17) is 5.11 Å². The van der Waals surface area contributed by atoms with Gasteiger partial charge in [0.1, 0.15) is 6.04 Å². The monoisotopic (exact) mass is 267 g/mol. The molecule has 1 heterocycles. The minimum absolute atomic E-state index is 0.172. The molecule has 0 radical (unpaired) electrons. The largest absolute Gasteiger partial charge is 0.480 e. The van der Waals surface area contributed by atoms with E-state index in [-0.39, 0.29) is 6.42 Å². The number of alkyl halides is 3. The fourth-order valence-electron chi connectivity index (χ4n) is 1.07. The predicted molar refractivity (Wildman–Crippen MR) is 53.6 cm³/mol. The van der Waals surface area contributed by atoms with Gasteiger partial charge in [-0.3, -0.25) is 4.79 Å². The molecule has 0 fully saturated rings. The maximum atomic E-state index is 11.9. The van der Waals surface area contributed by atoms with Gasteiger partial charge in [0.2, 0.25) is 0 Å². The van der Waals surface area contributed by atoms with Crippen molar-refractivity contribution in [1.82, 2.24) is 5.32 Å². The molecule has 94 valence electrons. The van der Waals surface area contributed by atoms with Gasteiger partial charge in [0.15, 0.2) is 0 Å². The minimum Gasteiger partial charge on any atom is -0.480 e. The topological polar surface area (TPSA) is 66.4 Å². The molecule has 0 aliphatic heterocycles. The molecular weight excluding hydrogens is 259 g/mol. The van der Waals surface area contributed by atoms with Gasteiger partial charge in [-0.05, 0) is 11.4 Å². The zero-order valence-electron chi connectivity index (χ0n) is 8.32. The normalized spacial score (nSPS) is 13.1. The molecule has 0 aromatic carbocycles. The molecule has 1 amide bonds. The van der Waals surface area contributed by atoms with Crippen molar-refractivity contribution >= 4 is 23.2 Å². The van der Waals surface area contributed by atoms with E-state index in [1.807, 2.05) is 0 Å². The molecule has 1 aromatic rings. The Morgan fingerprint density at radius 1 is 1.47 bits per heavy atom. The molecule has 0 aliphatic carbocycles. The zero-order chi connectivity index (χ0) is 13.1. The van der Waals surface area contributed by atoms with Gasteiger partial charge in [0.05, 0.1) is 0 Å². The summed E-state index contributed by atoms with van der Waals surface area (Å²) in [4.78, 5) is 21.9. The third-order valence-corrected chi connectivity index (χ3v) is 2.75. The van der Waals surface area contributed by atoms with Gasteiger partial charge in [-0.1, -0.05) is 6.07 Å². The second-order valence-electron chi connectivity index (χ2n) is 3.15. The second-order valence-corrected chi connectivity index (χ2v) is 4.18. The number of carboxylic acids is 1. The van der Waals surface area contributed by atoms with Gasteiger partial charge in [-0.25, -0.2) is 4.79 Å². The van der Waals surface area contributed by atoms with Crippen LogP contribution < -0.4 is 5.32 Å². The van der Waals surface area contributed by atoms with E-state index in [1.54, 1.807) is 17.5 Å². The van der Waals surface area contributed by atoms with Gasteiger partial charge in [-0.2, -0.15) is 13.2 Å². The third-order valence-electron chi connectivity index (χ3n) is 1.85. The highest BCUT2D eigenvalue weighted by molar-refractivity contribution is 7.09. The summed E-state index contributed by atoms with van der Waals surface area (Å²) in [5.41, 5.74) is 0. The number of halogens is 3. The number of hydrogen-bond acceptors (Lipinski definition) is 3. The maximum absolute atomic E-state index is 11.9. The van der Waals surface area contributed by atoms with Crippen LogP contribution in [-0.2, 0) is 16.0 Å². The molecule has 17 heavy (non-hydrogen) atoms. The van der Waals surface area contributed by atoms with Crippen molar-refractivity contribution in [2.75, 3.05) is 0 Å². The third kappa shape index (κ3) is 4.06. The molecule has 0 unspecified atom stereocenters. The first kappa shape index (κ1) is 13.5. The molecular formula is C9H8F3NO3S. The Hall–Kier alpha value is -1.57. The lowest BCUT2D eigenvalue weighted by atomic mass is 10.2. The van der Waals surface area contributed by atoms with Crippen LogP contribution in [0.15, 0.2) is 17.5 Å². The number of thiophene rings is 1. The van der Waals surface area contributed by atoms with Crippen LogP contribution in [0, 0.1) is 0 Å². The zero-order valence-corrected chi connectivity index (χ0v) is 9.14. The Labute approximate surface area is 98.1 Å². The fourth-order valence-corrected chi connectivity index (χ4v) is 1.82. The van der Waals surface area contributed by atoms with Crippen LogP contribution in [0.5, 0.6) is 0 Å². The quantitative estimate of drug-likeness (QED) is 0.867. The summed E-state index contributed by atoms with van der Waals surface area (Å²) in [5.74, 6) is -3.75. The van der Waals surface area contributed by atoms with Crippen LogP contribution >= 0.6 is 11.3 Å². The Kier molecular flexibility index (Phi) is 4.11. The highest BCUT2D eigenvalue weighted by atomic mass is 32.1. The van der Waals surface area contributed by atoms with Crippen molar-refractivity contribution in [3.8, 4) is 0 Å².